The first-order valence-electron chi connectivity index (χ1n) is 9.56. The summed E-state index contributed by atoms with van der Waals surface area (Å²) in [5.41, 5.74) is 3.31. The maximum atomic E-state index is 13.2. The lowest BCUT2D eigenvalue weighted by Gasteiger charge is -2.15. The van der Waals surface area contributed by atoms with E-state index in [0.29, 0.717) is 4.88 Å². The van der Waals surface area contributed by atoms with Crippen LogP contribution in [-0.4, -0.2) is 11.8 Å². The van der Waals surface area contributed by atoms with Crippen LogP contribution >= 0.6 is 11.3 Å². The normalized spacial score (nSPS) is 14.3. The molecule has 6 heteroatoms. The minimum absolute atomic E-state index is 0.0742. The summed E-state index contributed by atoms with van der Waals surface area (Å²) in [6, 6.07) is 15.3. The highest BCUT2D eigenvalue weighted by Gasteiger charge is 2.29. The molecule has 1 heterocycles. The lowest BCUT2D eigenvalue weighted by atomic mass is 10.1. The van der Waals surface area contributed by atoms with Crippen LogP contribution in [0.15, 0.2) is 60.0 Å². The molecule has 0 radical (unpaired) electrons. The highest BCUT2D eigenvalue weighted by Crippen LogP contribution is 2.31. The molecule has 0 aliphatic heterocycles. The zero-order chi connectivity index (χ0) is 20.4. The summed E-state index contributed by atoms with van der Waals surface area (Å²) in [6.45, 7) is 1.92. The second-order valence-corrected chi connectivity index (χ2v) is 8.17. The van der Waals surface area contributed by atoms with Crippen LogP contribution in [0.4, 0.5) is 10.1 Å². The summed E-state index contributed by atoms with van der Waals surface area (Å²) in [5.74, 6) is -0.239. The minimum atomic E-state index is -0.305. The Bertz CT molecular complexity index is 1020. The van der Waals surface area contributed by atoms with Crippen molar-refractivity contribution in [3.05, 3.63) is 76.2 Å². The van der Waals surface area contributed by atoms with Gasteiger partial charge in [0, 0.05) is 17.2 Å². The quantitative estimate of drug-likeness (QED) is 0.574. The number of hydrogen-bond acceptors (Lipinski definition) is 3. The molecular formula is C23H21FN2O2S. The molecule has 2 aromatic carbocycles. The molecule has 0 spiro atoms. The minimum Gasteiger partial charge on any atom is -0.345 e. The van der Waals surface area contributed by atoms with Gasteiger partial charge in [-0.2, -0.15) is 0 Å². The molecule has 1 aliphatic rings. The molecule has 29 heavy (non-hydrogen) atoms. The monoisotopic (exact) mass is 408 g/mol. The van der Waals surface area contributed by atoms with Crippen LogP contribution < -0.4 is 10.6 Å². The summed E-state index contributed by atoms with van der Waals surface area (Å²) in [5, 5.41) is 7.79. The van der Waals surface area contributed by atoms with E-state index in [4.69, 9.17) is 0 Å². The van der Waals surface area contributed by atoms with Crippen LogP contribution in [0.2, 0.25) is 0 Å². The summed E-state index contributed by atoms with van der Waals surface area (Å²) < 4.78 is 13.2. The Hall–Kier alpha value is -2.99. The van der Waals surface area contributed by atoms with Gasteiger partial charge in [0.2, 0.25) is 5.91 Å². The van der Waals surface area contributed by atoms with Gasteiger partial charge in [0.15, 0.2) is 0 Å². The van der Waals surface area contributed by atoms with Gasteiger partial charge in [-0.15, -0.1) is 11.3 Å². The molecule has 0 bridgehead atoms. The van der Waals surface area contributed by atoms with E-state index in [0.717, 1.165) is 35.2 Å². The summed E-state index contributed by atoms with van der Waals surface area (Å²) >= 11 is 1.36. The van der Waals surface area contributed by atoms with E-state index in [1.54, 1.807) is 12.1 Å². The number of benzene rings is 2. The maximum absolute atomic E-state index is 13.2. The van der Waals surface area contributed by atoms with Crippen molar-refractivity contribution in [1.82, 2.24) is 5.32 Å². The average Bonchev–Trinajstić information content (AvgIpc) is 3.46. The number of hydrogen-bond donors (Lipinski definition) is 2. The van der Waals surface area contributed by atoms with Gasteiger partial charge in [0.25, 0.3) is 5.91 Å². The number of anilines is 1. The molecule has 3 aromatic rings. The number of rotatable bonds is 6. The Balaban J connectivity index is 1.42. The third kappa shape index (κ3) is 4.54. The Morgan fingerprint density at radius 1 is 1.03 bits per heavy atom. The van der Waals surface area contributed by atoms with Crippen LogP contribution in [0.5, 0.6) is 0 Å². The fraction of sp³-hybridized carbons (Fsp3) is 0.217. The number of halogens is 1. The van der Waals surface area contributed by atoms with Gasteiger partial charge in [-0.25, -0.2) is 4.39 Å². The first-order chi connectivity index (χ1) is 14.0. The van der Waals surface area contributed by atoms with Gasteiger partial charge in [0.1, 0.15) is 5.82 Å². The number of amides is 2. The molecule has 2 N–H and O–H groups in total. The van der Waals surface area contributed by atoms with Gasteiger partial charge in [-0.05, 0) is 66.6 Å². The maximum Gasteiger partial charge on any atom is 0.262 e. The lowest BCUT2D eigenvalue weighted by molar-refractivity contribution is -0.117. The molecular weight excluding hydrogens is 387 g/mol. The fourth-order valence-corrected chi connectivity index (χ4v) is 3.95. The van der Waals surface area contributed by atoms with Crippen LogP contribution in [0.25, 0.3) is 11.1 Å². The Morgan fingerprint density at radius 2 is 1.72 bits per heavy atom. The highest BCUT2D eigenvalue weighted by atomic mass is 32.1. The van der Waals surface area contributed by atoms with Gasteiger partial charge < -0.3 is 10.6 Å². The van der Waals surface area contributed by atoms with Gasteiger partial charge in [-0.1, -0.05) is 24.3 Å². The largest absolute Gasteiger partial charge is 0.345 e. The summed E-state index contributed by atoms with van der Waals surface area (Å²) in [4.78, 5) is 25.3. The molecule has 4 nitrogen and oxygen atoms in total. The Labute approximate surface area is 172 Å². The molecule has 1 aromatic heterocycles. The third-order valence-corrected chi connectivity index (χ3v) is 5.91. The van der Waals surface area contributed by atoms with E-state index >= 15 is 0 Å². The predicted molar refractivity (Wildman–Crippen MR) is 113 cm³/mol. The predicted octanol–water partition coefficient (Wildman–Crippen LogP) is 5.39. The zero-order valence-corrected chi connectivity index (χ0v) is 16.8. The molecule has 1 aliphatic carbocycles. The van der Waals surface area contributed by atoms with Crippen molar-refractivity contribution < 1.29 is 14.0 Å². The smallest absolute Gasteiger partial charge is 0.262 e. The van der Waals surface area contributed by atoms with Crippen molar-refractivity contribution in [2.75, 3.05) is 5.32 Å². The molecule has 148 valence electrons. The van der Waals surface area contributed by atoms with Gasteiger partial charge in [0.05, 0.1) is 10.9 Å². The van der Waals surface area contributed by atoms with Crippen LogP contribution in [-0.2, 0) is 4.79 Å². The van der Waals surface area contributed by atoms with Gasteiger partial charge >= 0.3 is 0 Å². The van der Waals surface area contributed by atoms with E-state index in [9.17, 15) is 14.0 Å². The van der Waals surface area contributed by atoms with E-state index in [2.05, 4.69) is 10.6 Å². The van der Waals surface area contributed by atoms with Crippen molar-refractivity contribution in [2.45, 2.75) is 25.8 Å². The zero-order valence-electron chi connectivity index (χ0n) is 15.9. The lowest BCUT2D eigenvalue weighted by Crippen LogP contribution is -2.26. The standard InChI is InChI=1S/C23H21FN2O2S/c1-14(15-6-10-19(11-7-15)26-22(27)17-2-3-17)25-23(28)21-20(12-13-29-21)16-4-8-18(24)9-5-16/h4-14,17H,2-3H2,1H3,(H,25,28)(H,26,27). The number of nitrogens with one attached hydrogen (secondary N) is 2. The second-order valence-electron chi connectivity index (χ2n) is 7.25. The van der Waals surface area contributed by atoms with Crippen molar-refractivity contribution >= 4 is 28.8 Å². The molecule has 4 rings (SSSR count). The molecule has 1 unspecified atom stereocenters. The molecule has 2 amide bonds. The van der Waals surface area contributed by atoms with Crippen LogP contribution in [0.3, 0.4) is 0 Å². The summed E-state index contributed by atoms with van der Waals surface area (Å²) in [7, 11) is 0. The van der Waals surface area contributed by atoms with Crippen LogP contribution in [0.1, 0.15) is 41.0 Å². The summed E-state index contributed by atoms with van der Waals surface area (Å²) in [6.07, 6.45) is 1.94. The number of thiophene rings is 1. The van der Waals surface area contributed by atoms with Crippen molar-refractivity contribution in [3.63, 3.8) is 0 Å². The van der Waals surface area contributed by atoms with E-state index in [1.807, 2.05) is 42.6 Å². The molecule has 1 saturated carbocycles. The Kier molecular flexibility index (Phi) is 5.45. The third-order valence-electron chi connectivity index (χ3n) is 5.00. The van der Waals surface area contributed by atoms with Crippen molar-refractivity contribution in [1.29, 1.82) is 0 Å². The molecule has 1 atom stereocenters. The first-order valence-corrected chi connectivity index (χ1v) is 10.4. The Morgan fingerprint density at radius 3 is 2.38 bits per heavy atom. The average molecular weight is 408 g/mol. The second kappa shape index (κ2) is 8.17. The fourth-order valence-electron chi connectivity index (χ4n) is 3.13. The number of carbonyl (C=O) groups excluding carboxylic acids is 2. The first kappa shape index (κ1) is 19.3. The van der Waals surface area contributed by atoms with E-state index < -0.39 is 0 Å². The van der Waals surface area contributed by atoms with Crippen LogP contribution in [0, 0.1) is 11.7 Å². The van der Waals surface area contributed by atoms with Gasteiger partial charge in [-0.3, -0.25) is 9.59 Å². The topological polar surface area (TPSA) is 58.2 Å². The number of carbonyl (C=O) groups is 2. The highest BCUT2D eigenvalue weighted by molar-refractivity contribution is 7.12. The SMILES string of the molecule is CC(NC(=O)c1sccc1-c1ccc(F)cc1)c1ccc(NC(=O)C2CC2)cc1. The van der Waals surface area contributed by atoms with Crippen molar-refractivity contribution in [2.24, 2.45) is 5.92 Å². The van der Waals surface area contributed by atoms with E-state index in [1.165, 1.54) is 23.5 Å². The van der Waals surface area contributed by atoms with E-state index in [-0.39, 0.29) is 29.6 Å². The molecule has 0 saturated heterocycles. The van der Waals surface area contributed by atoms with Crippen molar-refractivity contribution in [3.8, 4) is 11.1 Å². The molecule has 1 fully saturated rings.